The van der Waals surface area contributed by atoms with Crippen LogP contribution in [0, 0.1) is 10.1 Å². The standard InChI is InChI=1S/C12H13BrN4O3/c1-3-14-7(2)11-15-16-12(20-11)8-4-9(13)6-10(5-8)17(18)19/h4-7,14H,3H2,1-2H3. The van der Waals surface area contributed by atoms with E-state index in [4.69, 9.17) is 4.42 Å². The van der Waals surface area contributed by atoms with E-state index < -0.39 is 4.92 Å². The minimum Gasteiger partial charge on any atom is -0.419 e. The van der Waals surface area contributed by atoms with Gasteiger partial charge in [0.25, 0.3) is 5.69 Å². The van der Waals surface area contributed by atoms with E-state index >= 15 is 0 Å². The van der Waals surface area contributed by atoms with Crippen molar-refractivity contribution in [3.8, 4) is 11.5 Å². The molecular formula is C12H13BrN4O3. The number of nitrogens with zero attached hydrogens (tertiary/aromatic N) is 3. The van der Waals surface area contributed by atoms with E-state index in [2.05, 4.69) is 31.4 Å². The number of nitrogens with one attached hydrogen (secondary N) is 1. The summed E-state index contributed by atoms with van der Waals surface area (Å²) in [6.07, 6.45) is 0. The molecule has 1 atom stereocenters. The van der Waals surface area contributed by atoms with E-state index in [-0.39, 0.29) is 17.6 Å². The smallest absolute Gasteiger partial charge is 0.271 e. The molecule has 0 saturated carbocycles. The Morgan fingerprint density at radius 2 is 2.20 bits per heavy atom. The summed E-state index contributed by atoms with van der Waals surface area (Å²) in [7, 11) is 0. The SMILES string of the molecule is CCNC(C)c1nnc(-c2cc(Br)cc([N+](=O)[O-])c2)o1. The van der Waals surface area contributed by atoms with Gasteiger partial charge in [0.2, 0.25) is 11.8 Å². The zero-order valence-corrected chi connectivity index (χ0v) is 12.5. The Bertz CT molecular complexity index is 629. The topological polar surface area (TPSA) is 94.1 Å². The zero-order chi connectivity index (χ0) is 14.7. The summed E-state index contributed by atoms with van der Waals surface area (Å²) in [6, 6.07) is 4.45. The van der Waals surface area contributed by atoms with Crippen molar-refractivity contribution in [2.24, 2.45) is 0 Å². The fraction of sp³-hybridized carbons (Fsp3) is 0.333. The number of non-ortho nitro benzene ring substituents is 1. The maximum atomic E-state index is 10.8. The van der Waals surface area contributed by atoms with Gasteiger partial charge in [0.15, 0.2) is 0 Å². The lowest BCUT2D eigenvalue weighted by atomic mass is 10.2. The molecule has 2 rings (SSSR count). The highest BCUT2D eigenvalue weighted by Crippen LogP contribution is 2.28. The van der Waals surface area contributed by atoms with Crippen LogP contribution in [-0.4, -0.2) is 21.7 Å². The van der Waals surface area contributed by atoms with Crippen LogP contribution in [0.2, 0.25) is 0 Å². The predicted octanol–water partition coefficient (Wildman–Crippen LogP) is 3.08. The van der Waals surface area contributed by atoms with Crippen LogP contribution in [0.5, 0.6) is 0 Å². The lowest BCUT2D eigenvalue weighted by Gasteiger charge is -2.05. The summed E-state index contributed by atoms with van der Waals surface area (Å²) in [5.41, 5.74) is 0.474. The molecule has 1 N–H and O–H groups in total. The first-order valence-corrected chi connectivity index (χ1v) is 6.82. The van der Waals surface area contributed by atoms with Crippen molar-refractivity contribution in [1.29, 1.82) is 0 Å². The quantitative estimate of drug-likeness (QED) is 0.663. The van der Waals surface area contributed by atoms with E-state index in [0.29, 0.717) is 15.9 Å². The van der Waals surface area contributed by atoms with Gasteiger partial charge in [-0.3, -0.25) is 10.1 Å². The van der Waals surface area contributed by atoms with Gasteiger partial charge < -0.3 is 9.73 Å². The van der Waals surface area contributed by atoms with Crippen molar-refractivity contribution in [2.45, 2.75) is 19.9 Å². The number of hydrogen-bond donors (Lipinski definition) is 1. The van der Waals surface area contributed by atoms with Gasteiger partial charge in [-0.05, 0) is 19.5 Å². The molecule has 1 heterocycles. The number of rotatable bonds is 5. The summed E-state index contributed by atoms with van der Waals surface area (Å²) in [5, 5.41) is 21.9. The van der Waals surface area contributed by atoms with Gasteiger partial charge in [0.05, 0.1) is 11.0 Å². The minimum atomic E-state index is -0.465. The molecule has 0 radical (unpaired) electrons. The fourth-order valence-electron chi connectivity index (χ4n) is 1.72. The molecule has 0 aliphatic rings. The third kappa shape index (κ3) is 3.20. The Labute approximate surface area is 123 Å². The summed E-state index contributed by atoms with van der Waals surface area (Å²) >= 11 is 3.23. The molecule has 0 aliphatic heterocycles. The summed E-state index contributed by atoms with van der Waals surface area (Å²) in [6.45, 7) is 4.66. The molecule has 1 unspecified atom stereocenters. The number of hydrogen-bond acceptors (Lipinski definition) is 6. The van der Waals surface area contributed by atoms with Crippen LogP contribution in [0.15, 0.2) is 27.1 Å². The maximum absolute atomic E-state index is 10.8. The summed E-state index contributed by atoms with van der Waals surface area (Å²) in [4.78, 5) is 10.4. The molecule has 1 aromatic heterocycles. The lowest BCUT2D eigenvalue weighted by Crippen LogP contribution is -2.17. The third-order valence-corrected chi connectivity index (χ3v) is 3.12. The number of nitro benzene ring substituents is 1. The molecule has 106 valence electrons. The normalized spacial score (nSPS) is 12.3. The highest BCUT2D eigenvalue weighted by Gasteiger charge is 2.17. The van der Waals surface area contributed by atoms with E-state index in [1.807, 2.05) is 13.8 Å². The number of halogens is 1. The van der Waals surface area contributed by atoms with Crippen molar-refractivity contribution in [1.82, 2.24) is 15.5 Å². The summed E-state index contributed by atoms with van der Waals surface area (Å²) < 4.78 is 6.13. The van der Waals surface area contributed by atoms with Gasteiger partial charge in [-0.25, -0.2) is 0 Å². The zero-order valence-electron chi connectivity index (χ0n) is 11.0. The van der Waals surface area contributed by atoms with Crippen LogP contribution in [0.25, 0.3) is 11.5 Å². The molecule has 0 bridgehead atoms. The Balaban J connectivity index is 2.34. The first-order valence-electron chi connectivity index (χ1n) is 6.03. The first-order chi connectivity index (χ1) is 9.51. The van der Waals surface area contributed by atoms with Gasteiger partial charge >= 0.3 is 0 Å². The average Bonchev–Trinajstić information content (AvgIpc) is 2.88. The van der Waals surface area contributed by atoms with Crippen molar-refractivity contribution >= 4 is 21.6 Å². The summed E-state index contributed by atoms with van der Waals surface area (Å²) in [5.74, 6) is 0.707. The molecule has 7 nitrogen and oxygen atoms in total. The van der Waals surface area contributed by atoms with Crippen molar-refractivity contribution in [3.63, 3.8) is 0 Å². The Morgan fingerprint density at radius 3 is 2.85 bits per heavy atom. The van der Waals surface area contributed by atoms with Crippen LogP contribution >= 0.6 is 15.9 Å². The van der Waals surface area contributed by atoms with Crippen LogP contribution < -0.4 is 5.32 Å². The van der Waals surface area contributed by atoms with Crippen LogP contribution in [0.1, 0.15) is 25.8 Å². The molecule has 0 aliphatic carbocycles. The molecule has 0 fully saturated rings. The lowest BCUT2D eigenvalue weighted by molar-refractivity contribution is -0.384. The molecule has 8 heteroatoms. The number of aromatic nitrogens is 2. The number of benzene rings is 1. The van der Waals surface area contributed by atoms with E-state index in [9.17, 15) is 10.1 Å². The van der Waals surface area contributed by atoms with Crippen molar-refractivity contribution < 1.29 is 9.34 Å². The van der Waals surface area contributed by atoms with Crippen molar-refractivity contribution in [3.05, 3.63) is 38.7 Å². The second-order valence-electron chi connectivity index (χ2n) is 4.18. The van der Waals surface area contributed by atoms with Gasteiger partial charge in [-0.1, -0.05) is 22.9 Å². The minimum absolute atomic E-state index is 0.0335. The molecule has 1 aromatic carbocycles. The van der Waals surface area contributed by atoms with Crippen LogP contribution in [-0.2, 0) is 0 Å². The fourth-order valence-corrected chi connectivity index (χ4v) is 2.20. The number of nitro groups is 1. The Kier molecular flexibility index (Phi) is 4.46. The first kappa shape index (κ1) is 14.6. The molecule has 20 heavy (non-hydrogen) atoms. The molecular weight excluding hydrogens is 328 g/mol. The highest BCUT2D eigenvalue weighted by molar-refractivity contribution is 9.10. The van der Waals surface area contributed by atoms with Gasteiger partial charge in [0, 0.05) is 22.2 Å². The maximum Gasteiger partial charge on any atom is 0.271 e. The largest absolute Gasteiger partial charge is 0.419 e. The molecule has 0 saturated heterocycles. The predicted molar refractivity (Wildman–Crippen MR) is 76.2 cm³/mol. The van der Waals surface area contributed by atoms with E-state index in [0.717, 1.165) is 6.54 Å². The van der Waals surface area contributed by atoms with Crippen molar-refractivity contribution in [2.75, 3.05) is 6.54 Å². The van der Waals surface area contributed by atoms with E-state index in [1.165, 1.54) is 12.1 Å². The molecule has 0 amide bonds. The van der Waals surface area contributed by atoms with Crippen LogP contribution in [0.3, 0.4) is 0 Å². The second kappa shape index (κ2) is 6.10. The van der Waals surface area contributed by atoms with Crippen LogP contribution in [0.4, 0.5) is 5.69 Å². The molecule has 0 spiro atoms. The van der Waals surface area contributed by atoms with Gasteiger partial charge in [-0.15, -0.1) is 10.2 Å². The average molecular weight is 341 g/mol. The van der Waals surface area contributed by atoms with Gasteiger partial charge in [0.1, 0.15) is 0 Å². The Hall–Kier alpha value is -1.80. The van der Waals surface area contributed by atoms with E-state index in [1.54, 1.807) is 6.07 Å². The van der Waals surface area contributed by atoms with Gasteiger partial charge in [-0.2, -0.15) is 0 Å². The highest BCUT2D eigenvalue weighted by atomic mass is 79.9. The third-order valence-electron chi connectivity index (χ3n) is 2.66. The Morgan fingerprint density at radius 1 is 1.45 bits per heavy atom. The monoisotopic (exact) mass is 340 g/mol. The molecule has 2 aromatic rings. The second-order valence-corrected chi connectivity index (χ2v) is 5.10.